The number of aliphatic imine (C=N–C) groups is 1. The van der Waals surface area contributed by atoms with Gasteiger partial charge in [0, 0.05) is 41.0 Å². The van der Waals surface area contributed by atoms with Crippen molar-refractivity contribution in [2.75, 3.05) is 25.2 Å². The fraction of sp³-hybridized carbons (Fsp3) is 0.241. The number of H-pyrrole nitrogens is 1. The number of aromatic hydroxyl groups is 1. The molecule has 37 heavy (non-hydrogen) atoms. The van der Waals surface area contributed by atoms with Crippen molar-refractivity contribution in [1.82, 2.24) is 9.88 Å². The van der Waals surface area contributed by atoms with E-state index in [0.29, 0.717) is 27.8 Å². The lowest BCUT2D eigenvalue weighted by molar-refractivity contribution is 0.174. The first-order valence-corrected chi connectivity index (χ1v) is 12.5. The van der Waals surface area contributed by atoms with Gasteiger partial charge in [-0.25, -0.2) is 0 Å². The van der Waals surface area contributed by atoms with E-state index in [1.165, 1.54) is 24.8 Å². The molecule has 1 fully saturated rings. The van der Waals surface area contributed by atoms with Crippen molar-refractivity contribution in [2.24, 2.45) is 4.99 Å². The molecular weight excluding hydrogens is 468 g/mol. The number of nitrogens with zero attached hydrogens (tertiary/aromatic N) is 2. The van der Waals surface area contributed by atoms with Crippen molar-refractivity contribution in [3.05, 3.63) is 82.1 Å². The molecule has 2 aliphatic heterocycles. The van der Waals surface area contributed by atoms with E-state index in [1.54, 1.807) is 12.3 Å². The second-order valence-corrected chi connectivity index (χ2v) is 9.43. The third-order valence-electron chi connectivity index (χ3n) is 6.84. The fourth-order valence-electron chi connectivity index (χ4n) is 4.89. The molecule has 3 N–H and O–H groups in total. The number of rotatable bonds is 6. The van der Waals surface area contributed by atoms with Gasteiger partial charge < -0.3 is 19.9 Å². The predicted octanol–water partition coefficient (Wildman–Crippen LogP) is 5.44. The number of piperidine rings is 1. The summed E-state index contributed by atoms with van der Waals surface area (Å²) in [6.45, 7) is 3.48. The van der Waals surface area contributed by atoms with Gasteiger partial charge in [-0.15, -0.1) is 0 Å². The molecule has 8 heteroatoms. The summed E-state index contributed by atoms with van der Waals surface area (Å²) in [6, 6.07) is 19.1. The zero-order valence-corrected chi connectivity index (χ0v) is 20.4. The molecule has 0 unspecified atom stereocenters. The molecule has 0 bridgehead atoms. The fourth-order valence-corrected chi connectivity index (χ4v) is 4.89. The second-order valence-electron chi connectivity index (χ2n) is 9.43. The van der Waals surface area contributed by atoms with Crippen LogP contribution >= 0.6 is 0 Å². The Labute approximate surface area is 214 Å². The van der Waals surface area contributed by atoms with Gasteiger partial charge in [-0.05, 0) is 74.0 Å². The minimum absolute atomic E-state index is 0.209. The van der Waals surface area contributed by atoms with E-state index >= 15 is 0 Å². The molecule has 0 saturated carbocycles. The van der Waals surface area contributed by atoms with Crippen molar-refractivity contribution in [2.45, 2.75) is 25.8 Å². The summed E-state index contributed by atoms with van der Waals surface area (Å²) < 4.78 is 10.8. The van der Waals surface area contributed by atoms with Gasteiger partial charge in [0.1, 0.15) is 0 Å². The van der Waals surface area contributed by atoms with Crippen LogP contribution in [0.1, 0.15) is 30.4 Å². The SMILES string of the molecule is O=c1[nH]c(O)c(C=Nc2ccc(CN3CCCCC3)cc2)c2cc(Nc3ccc4c(c3)OCO4)ccc12. The molecule has 4 aromatic rings. The van der Waals surface area contributed by atoms with Crippen molar-refractivity contribution in [3.8, 4) is 17.4 Å². The van der Waals surface area contributed by atoms with Crippen LogP contribution in [-0.4, -0.2) is 41.1 Å². The van der Waals surface area contributed by atoms with Crippen LogP contribution in [0.3, 0.4) is 0 Å². The lowest BCUT2D eigenvalue weighted by atomic mass is 10.1. The maximum atomic E-state index is 12.5. The van der Waals surface area contributed by atoms with Crippen LogP contribution in [0.5, 0.6) is 17.4 Å². The Kier molecular flexibility index (Phi) is 6.24. The van der Waals surface area contributed by atoms with Crippen LogP contribution < -0.4 is 20.3 Å². The van der Waals surface area contributed by atoms with E-state index in [2.05, 4.69) is 32.3 Å². The summed E-state index contributed by atoms with van der Waals surface area (Å²) in [5.74, 6) is 1.16. The summed E-state index contributed by atoms with van der Waals surface area (Å²) in [7, 11) is 0. The van der Waals surface area contributed by atoms with Gasteiger partial charge in [-0.1, -0.05) is 18.6 Å². The van der Waals surface area contributed by atoms with Crippen molar-refractivity contribution in [3.63, 3.8) is 0 Å². The topological polar surface area (TPSA) is 99.2 Å². The van der Waals surface area contributed by atoms with E-state index in [0.717, 1.165) is 36.7 Å². The van der Waals surface area contributed by atoms with E-state index < -0.39 is 0 Å². The highest BCUT2D eigenvalue weighted by atomic mass is 16.7. The molecule has 1 saturated heterocycles. The minimum Gasteiger partial charge on any atom is -0.494 e. The van der Waals surface area contributed by atoms with E-state index in [9.17, 15) is 9.90 Å². The van der Waals surface area contributed by atoms with E-state index in [-0.39, 0.29) is 18.2 Å². The highest BCUT2D eigenvalue weighted by Gasteiger charge is 2.15. The molecular formula is C29H28N4O4. The first-order chi connectivity index (χ1) is 18.1. The van der Waals surface area contributed by atoms with Crippen LogP contribution in [0.2, 0.25) is 0 Å². The number of hydrogen-bond acceptors (Lipinski definition) is 7. The zero-order valence-electron chi connectivity index (χ0n) is 20.4. The average Bonchev–Trinajstić information content (AvgIpc) is 3.38. The van der Waals surface area contributed by atoms with Crippen LogP contribution in [-0.2, 0) is 6.54 Å². The molecule has 3 aromatic carbocycles. The van der Waals surface area contributed by atoms with Crippen LogP contribution in [0.25, 0.3) is 10.8 Å². The number of nitrogens with one attached hydrogen (secondary N) is 2. The van der Waals surface area contributed by atoms with Crippen LogP contribution in [0.4, 0.5) is 17.1 Å². The molecule has 6 rings (SSSR count). The summed E-state index contributed by atoms with van der Waals surface area (Å²) >= 11 is 0. The number of ether oxygens (including phenoxy) is 2. The molecule has 3 heterocycles. The lowest BCUT2D eigenvalue weighted by Gasteiger charge is -2.26. The largest absolute Gasteiger partial charge is 0.494 e. The number of hydrogen-bond donors (Lipinski definition) is 3. The number of likely N-dealkylation sites (tertiary alicyclic amines) is 1. The average molecular weight is 497 g/mol. The number of aromatic amines is 1. The molecule has 8 nitrogen and oxygen atoms in total. The Morgan fingerprint density at radius 2 is 1.68 bits per heavy atom. The summed E-state index contributed by atoms with van der Waals surface area (Å²) in [5.41, 5.74) is 3.70. The minimum atomic E-state index is -0.360. The third-order valence-corrected chi connectivity index (χ3v) is 6.84. The van der Waals surface area contributed by atoms with Gasteiger partial charge in [0.05, 0.1) is 11.3 Å². The number of aromatic nitrogens is 1. The van der Waals surface area contributed by atoms with Crippen LogP contribution in [0.15, 0.2) is 70.5 Å². The number of benzene rings is 3. The highest BCUT2D eigenvalue weighted by Crippen LogP contribution is 2.35. The predicted molar refractivity (Wildman–Crippen MR) is 145 cm³/mol. The first kappa shape index (κ1) is 23.1. The Morgan fingerprint density at radius 1 is 0.919 bits per heavy atom. The summed E-state index contributed by atoms with van der Waals surface area (Å²) in [5, 5.41) is 15.0. The molecule has 0 aliphatic carbocycles. The lowest BCUT2D eigenvalue weighted by Crippen LogP contribution is -2.28. The quantitative estimate of drug-likeness (QED) is 0.307. The van der Waals surface area contributed by atoms with Gasteiger partial charge in [-0.2, -0.15) is 0 Å². The van der Waals surface area contributed by atoms with Gasteiger partial charge in [-0.3, -0.25) is 19.7 Å². The molecule has 0 atom stereocenters. The van der Waals surface area contributed by atoms with Gasteiger partial charge in [0.15, 0.2) is 11.5 Å². The maximum Gasteiger partial charge on any atom is 0.258 e. The highest BCUT2D eigenvalue weighted by molar-refractivity contribution is 6.03. The Balaban J connectivity index is 1.26. The van der Waals surface area contributed by atoms with Crippen LogP contribution in [0, 0.1) is 0 Å². The van der Waals surface area contributed by atoms with Gasteiger partial charge >= 0.3 is 0 Å². The smallest absolute Gasteiger partial charge is 0.258 e. The molecule has 0 radical (unpaired) electrons. The van der Waals surface area contributed by atoms with Gasteiger partial charge in [0.2, 0.25) is 12.7 Å². The zero-order chi connectivity index (χ0) is 25.2. The molecule has 188 valence electrons. The third kappa shape index (κ3) is 5.01. The Morgan fingerprint density at radius 3 is 2.51 bits per heavy atom. The number of pyridine rings is 1. The van der Waals surface area contributed by atoms with E-state index in [1.807, 2.05) is 42.5 Å². The second kappa shape index (κ2) is 9.99. The monoisotopic (exact) mass is 496 g/mol. The Hall–Kier alpha value is -4.30. The normalized spacial score (nSPS) is 15.5. The van der Waals surface area contributed by atoms with Crippen molar-refractivity contribution < 1.29 is 14.6 Å². The summed E-state index contributed by atoms with van der Waals surface area (Å²) in [4.78, 5) is 22.1. The standard InChI is InChI=1S/C29H28N4O4/c34-28-23-10-8-21(31-22-9-11-26-27(15-22)37-18-36-26)14-24(23)25(29(35)32-28)16-30-20-6-4-19(5-7-20)17-33-12-2-1-3-13-33/h4-11,14-16,31H,1-3,12-13,17-18H2,(H2,32,34,35). The first-order valence-electron chi connectivity index (χ1n) is 12.5. The summed E-state index contributed by atoms with van der Waals surface area (Å²) in [6.07, 6.45) is 5.46. The number of anilines is 2. The molecule has 2 aliphatic rings. The number of fused-ring (bicyclic) bond motifs is 2. The molecule has 0 amide bonds. The molecule has 0 spiro atoms. The maximum absolute atomic E-state index is 12.5. The Bertz CT molecular complexity index is 1520. The van der Waals surface area contributed by atoms with Gasteiger partial charge in [0.25, 0.3) is 5.56 Å². The van der Waals surface area contributed by atoms with E-state index in [4.69, 9.17) is 9.47 Å². The van der Waals surface area contributed by atoms with Crippen molar-refractivity contribution in [1.29, 1.82) is 0 Å². The van der Waals surface area contributed by atoms with Crippen molar-refractivity contribution >= 4 is 34.0 Å². The molecule has 1 aromatic heterocycles.